The highest BCUT2D eigenvalue weighted by molar-refractivity contribution is 9.10. The van der Waals surface area contributed by atoms with E-state index in [0.29, 0.717) is 10.0 Å². The molecule has 0 saturated heterocycles. The minimum atomic E-state index is -0.874. The molecule has 0 amide bonds. The molecule has 2 N–H and O–H groups in total. The Labute approximate surface area is 84.1 Å². The zero-order valence-corrected chi connectivity index (χ0v) is 8.63. The van der Waals surface area contributed by atoms with E-state index in [-0.39, 0.29) is 12.2 Å². The van der Waals surface area contributed by atoms with Crippen LogP contribution < -0.4 is 0 Å². The first-order chi connectivity index (χ1) is 6.00. The first-order valence-electron chi connectivity index (χ1n) is 3.70. The van der Waals surface area contributed by atoms with Crippen molar-refractivity contribution in [3.05, 3.63) is 27.7 Å². The molecule has 0 fully saturated rings. The van der Waals surface area contributed by atoms with E-state index in [1.807, 2.05) is 0 Å². The fraction of sp³-hybridized carbons (Fsp3) is 0.222. The molecule has 0 saturated carbocycles. The molecule has 0 heterocycles. The Morgan fingerprint density at radius 2 is 2.15 bits per heavy atom. The summed E-state index contributed by atoms with van der Waals surface area (Å²) in [5.41, 5.74) is 1.49. The second-order valence-electron chi connectivity index (χ2n) is 2.80. The molecule has 0 aliphatic carbocycles. The van der Waals surface area contributed by atoms with Crippen LogP contribution >= 0.6 is 15.9 Å². The smallest absolute Gasteiger partial charge is 0.307 e. The van der Waals surface area contributed by atoms with Gasteiger partial charge in [-0.1, -0.05) is 0 Å². The summed E-state index contributed by atoms with van der Waals surface area (Å²) >= 11 is 3.13. The molecule has 0 bridgehead atoms. The van der Waals surface area contributed by atoms with Crippen molar-refractivity contribution >= 4 is 21.9 Å². The number of aliphatic carboxylic acids is 1. The van der Waals surface area contributed by atoms with Gasteiger partial charge in [0.2, 0.25) is 0 Å². The van der Waals surface area contributed by atoms with Gasteiger partial charge in [0, 0.05) is 0 Å². The Balaban J connectivity index is 3.08. The number of halogens is 1. The van der Waals surface area contributed by atoms with Gasteiger partial charge in [0.05, 0.1) is 10.9 Å². The lowest BCUT2D eigenvalue weighted by Gasteiger charge is -2.05. The normalized spacial score (nSPS) is 10.0. The SMILES string of the molecule is Cc1cc(O)c(Br)cc1CC(=O)O. The first-order valence-corrected chi connectivity index (χ1v) is 4.50. The van der Waals surface area contributed by atoms with Gasteiger partial charge in [0.25, 0.3) is 0 Å². The summed E-state index contributed by atoms with van der Waals surface area (Å²) in [6.07, 6.45) is -0.0231. The molecule has 1 aromatic rings. The third-order valence-corrected chi connectivity index (χ3v) is 2.38. The van der Waals surface area contributed by atoms with Gasteiger partial charge in [-0.3, -0.25) is 4.79 Å². The minimum absolute atomic E-state index is 0.0231. The van der Waals surface area contributed by atoms with E-state index in [1.54, 1.807) is 19.1 Å². The molecule has 1 aromatic carbocycles. The van der Waals surface area contributed by atoms with Crippen LogP contribution in [0.3, 0.4) is 0 Å². The predicted octanol–water partition coefficient (Wildman–Crippen LogP) is 2.09. The Kier molecular flexibility index (Phi) is 2.93. The van der Waals surface area contributed by atoms with Crippen molar-refractivity contribution in [2.24, 2.45) is 0 Å². The monoisotopic (exact) mass is 244 g/mol. The number of rotatable bonds is 2. The molecule has 0 aromatic heterocycles. The van der Waals surface area contributed by atoms with Gasteiger partial charge in [-0.15, -0.1) is 0 Å². The average molecular weight is 245 g/mol. The van der Waals surface area contributed by atoms with Crippen LogP contribution in [-0.4, -0.2) is 16.2 Å². The van der Waals surface area contributed by atoms with E-state index in [4.69, 9.17) is 5.11 Å². The maximum Gasteiger partial charge on any atom is 0.307 e. The van der Waals surface area contributed by atoms with Crippen molar-refractivity contribution in [2.45, 2.75) is 13.3 Å². The van der Waals surface area contributed by atoms with Crippen molar-refractivity contribution in [1.29, 1.82) is 0 Å². The van der Waals surface area contributed by atoms with Crippen molar-refractivity contribution in [2.75, 3.05) is 0 Å². The average Bonchev–Trinajstić information content (AvgIpc) is 1.99. The summed E-state index contributed by atoms with van der Waals surface area (Å²) in [6, 6.07) is 3.17. The Hall–Kier alpha value is -1.03. The first kappa shape index (κ1) is 10.1. The number of aromatic hydroxyl groups is 1. The topological polar surface area (TPSA) is 57.5 Å². The molecule has 0 unspecified atom stereocenters. The number of carboxylic acid groups (broad SMARTS) is 1. The number of carboxylic acids is 1. The lowest BCUT2D eigenvalue weighted by molar-refractivity contribution is -0.136. The van der Waals surface area contributed by atoms with E-state index in [2.05, 4.69) is 15.9 Å². The number of benzene rings is 1. The molecule has 4 heteroatoms. The molecule has 3 nitrogen and oxygen atoms in total. The maximum atomic E-state index is 10.4. The van der Waals surface area contributed by atoms with Crippen LogP contribution in [0.15, 0.2) is 16.6 Å². The van der Waals surface area contributed by atoms with Crippen molar-refractivity contribution in [3.8, 4) is 5.75 Å². The molecule has 0 aliphatic rings. The van der Waals surface area contributed by atoms with Gasteiger partial charge in [0.15, 0.2) is 0 Å². The van der Waals surface area contributed by atoms with Gasteiger partial charge >= 0.3 is 5.97 Å². The van der Waals surface area contributed by atoms with Crippen LogP contribution in [0.25, 0.3) is 0 Å². The zero-order valence-electron chi connectivity index (χ0n) is 7.04. The molecule has 1 rings (SSSR count). The Morgan fingerprint density at radius 1 is 1.54 bits per heavy atom. The van der Waals surface area contributed by atoms with Gasteiger partial charge in [0.1, 0.15) is 5.75 Å². The molecule has 0 aliphatic heterocycles. The van der Waals surface area contributed by atoms with Crippen molar-refractivity contribution in [1.82, 2.24) is 0 Å². The van der Waals surface area contributed by atoms with Crippen LogP contribution in [-0.2, 0) is 11.2 Å². The lowest BCUT2D eigenvalue weighted by atomic mass is 10.1. The number of phenols is 1. The minimum Gasteiger partial charge on any atom is -0.507 e. The second kappa shape index (κ2) is 3.79. The highest BCUT2D eigenvalue weighted by Gasteiger charge is 2.07. The van der Waals surface area contributed by atoms with Crippen molar-refractivity contribution < 1.29 is 15.0 Å². The number of carbonyl (C=O) groups is 1. The third kappa shape index (κ3) is 2.45. The van der Waals surface area contributed by atoms with Crippen LogP contribution in [0.2, 0.25) is 0 Å². The molecule has 70 valence electrons. The molecule has 0 radical (unpaired) electrons. The molecular formula is C9H9BrO3. The molecule has 13 heavy (non-hydrogen) atoms. The Morgan fingerprint density at radius 3 is 2.69 bits per heavy atom. The zero-order chi connectivity index (χ0) is 10.0. The van der Waals surface area contributed by atoms with Gasteiger partial charge in [-0.2, -0.15) is 0 Å². The maximum absolute atomic E-state index is 10.4. The Bertz CT molecular complexity index is 347. The summed E-state index contributed by atoms with van der Waals surface area (Å²) in [5, 5.41) is 17.8. The molecule has 0 atom stereocenters. The third-order valence-electron chi connectivity index (χ3n) is 1.75. The van der Waals surface area contributed by atoms with Gasteiger partial charge in [-0.05, 0) is 46.1 Å². The summed E-state index contributed by atoms with van der Waals surface area (Å²) in [5.74, 6) is -0.743. The van der Waals surface area contributed by atoms with E-state index < -0.39 is 5.97 Å². The van der Waals surface area contributed by atoms with Crippen molar-refractivity contribution in [3.63, 3.8) is 0 Å². The largest absolute Gasteiger partial charge is 0.507 e. The van der Waals surface area contributed by atoms with E-state index >= 15 is 0 Å². The van der Waals surface area contributed by atoms with Gasteiger partial charge in [-0.25, -0.2) is 0 Å². The van der Waals surface area contributed by atoms with Crippen LogP contribution in [0.1, 0.15) is 11.1 Å². The molecular weight excluding hydrogens is 236 g/mol. The highest BCUT2D eigenvalue weighted by Crippen LogP contribution is 2.27. The number of aryl methyl sites for hydroxylation is 1. The number of phenolic OH excluding ortho intramolecular Hbond substituents is 1. The quantitative estimate of drug-likeness (QED) is 0.838. The van der Waals surface area contributed by atoms with Gasteiger partial charge < -0.3 is 10.2 Å². The van der Waals surface area contributed by atoms with E-state index in [0.717, 1.165) is 5.56 Å². The van der Waals surface area contributed by atoms with E-state index in [9.17, 15) is 9.90 Å². The standard InChI is InChI=1S/C9H9BrO3/c1-5-2-8(11)7(10)3-6(5)4-9(12)13/h2-3,11H,4H2,1H3,(H,12,13). The number of hydrogen-bond donors (Lipinski definition) is 2. The fourth-order valence-corrected chi connectivity index (χ4v) is 1.45. The fourth-order valence-electron chi connectivity index (χ4n) is 1.06. The summed E-state index contributed by atoms with van der Waals surface area (Å²) in [7, 11) is 0. The van der Waals surface area contributed by atoms with Crippen LogP contribution in [0, 0.1) is 6.92 Å². The molecule has 0 spiro atoms. The summed E-state index contributed by atoms with van der Waals surface area (Å²) in [6.45, 7) is 1.77. The summed E-state index contributed by atoms with van der Waals surface area (Å²) < 4.78 is 0.523. The summed E-state index contributed by atoms with van der Waals surface area (Å²) in [4.78, 5) is 10.4. The highest BCUT2D eigenvalue weighted by atomic mass is 79.9. The predicted molar refractivity (Wildman–Crippen MR) is 51.9 cm³/mol. The van der Waals surface area contributed by atoms with Crippen LogP contribution in [0.4, 0.5) is 0 Å². The van der Waals surface area contributed by atoms with E-state index in [1.165, 1.54) is 0 Å². The lowest BCUT2D eigenvalue weighted by Crippen LogP contribution is -2.01. The van der Waals surface area contributed by atoms with Crippen LogP contribution in [0.5, 0.6) is 5.75 Å². The second-order valence-corrected chi connectivity index (χ2v) is 3.65. The number of hydrogen-bond acceptors (Lipinski definition) is 2.